The molecule has 1 saturated heterocycles. The maximum absolute atomic E-state index is 12.1. The van der Waals surface area contributed by atoms with Gasteiger partial charge in [-0.3, -0.25) is 0 Å². The number of rotatable bonds is 5. The number of ether oxygens (including phenoxy) is 3. The number of carbonyl (C=O) groups excluding carboxylic acids is 1. The maximum Gasteiger partial charge on any atom is 0.341 e. The third-order valence-electron chi connectivity index (χ3n) is 4.05. The lowest BCUT2D eigenvalue weighted by atomic mass is 9.80. The first-order chi connectivity index (χ1) is 9.42. The highest BCUT2D eigenvalue weighted by Crippen LogP contribution is 2.60. The van der Waals surface area contributed by atoms with E-state index in [9.17, 15) is 4.79 Å². The molecule has 1 aromatic carbocycles. The molecule has 1 heterocycles. The molecule has 20 heavy (non-hydrogen) atoms. The number of hydrogen-bond donors (Lipinski definition) is 0. The average Bonchev–Trinajstić information content (AvgIpc) is 3.08. The van der Waals surface area contributed by atoms with Gasteiger partial charge in [0.25, 0.3) is 0 Å². The summed E-state index contributed by atoms with van der Waals surface area (Å²) in [5.74, 6) is 0.532. The molecule has 0 radical (unpaired) electrons. The van der Waals surface area contributed by atoms with Gasteiger partial charge in [0.15, 0.2) is 0 Å². The average molecular weight is 278 g/mol. The summed E-state index contributed by atoms with van der Waals surface area (Å²) in [4.78, 5) is 12.1. The monoisotopic (exact) mass is 278 g/mol. The van der Waals surface area contributed by atoms with Gasteiger partial charge < -0.3 is 14.2 Å². The van der Waals surface area contributed by atoms with Gasteiger partial charge in [-0.05, 0) is 37.5 Å². The van der Waals surface area contributed by atoms with Crippen molar-refractivity contribution < 1.29 is 19.0 Å². The first-order valence-electron chi connectivity index (χ1n) is 6.94. The summed E-state index contributed by atoms with van der Waals surface area (Å²) < 4.78 is 16.2. The summed E-state index contributed by atoms with van der Waals surface area (Å²) in [5, 5.41) is 0. The van der Waals surface area contributed by atoms with Gasteiger partial charge in [-0.15, -0.1) is 0 Å². The van der Waals surface area contributed by atoms with Crippen molar-refractivity contribution in [3.05, 3.63) is 29.8 Å². The molecule has 2 unspecified atom stereocenters. The number of carbonyl (C=O) groups is 1. The lowest BCUT2D eigenvalue weighted by molar-refractivity contribution is -0.148. The Kier molecular flexibility index (Phi) is 3.78. The number of esters is 1. The van der Waals surface area contributed by atoms with E-state index in [1.807, 2.05) is 52.0 Å². The van der Waals surface area contributed by atoms with Gasteiger partial charge >= 0.3 is 5.97 Å². The first kappa shape index (κ1) is 14.9. The van der Waals surface area contributed by atoms with E-state index < -0.39 is 11.2 Å². The van der Waals surface area contributed by atoms with E-state index in [2.05, 4.69) is 0 Å². The standard InChI is InChI=1S/C16H22O4/c1-6-19-13-9-7-12(8-10-13)15(4)16(20-15,11(2)3)14(17)18-5/h7-11H,6H2,1-5H3. The summed E-state index contributed by atoms with van der Waals surface area (Å²) in [6.45, 7) is 8.44. The van der Waals surface area contributed by atoms with Gasteiger partial charge in [0, 0.05) is 0 Å². The summed E-state index contributed by atoms with van der Waals surface area (Å²) in [5.41, 5.74) is -0.575. The van der Waals surface area contributed by atoms with Gasteiger partial charge in [0.1, 0.15) is 11.4 Å². The van der Waals surface area contributed by atoms with Crippen molar-refractivity contribution in [3.8, 4) is 5.75 Å². The lowest BCUT2D eigenvalue weighted by Crippen LogP contribution is -2.37. The van der Waals surface area contributed by atoms with E-state index in [-0.39, 0.29) is 11.9 Å². The molecule has 2 rings (SSSR count). The van der Waals surface area contributed by atoms with E-state index >= 15 is 0 Å². The van der Waals surface area contributed by atoms with Crippen LogP contribution in [0.25, 0.3) is 0 Å². The van der Waals surface area contributed by atoms with E-state index in [0.717, 1.165) is 11.3 Å². The molecule has 0 bridgehead atoms. The molecule has 1 aliphatic heterocycles. The molecule has 110 valence electrons. The SMILES string of the molecule is CCOc1ccc(C2(C)OC2(C(=O)OC)C(C)C)cc1. The highest BCUT2D eigenvalue weighted by atomic mass is 16.7. The molecule has 0 spiro atoms. The van der Waals surface area contributed by atoms with Crippen molar-refractivity contribution in [1.29, 1.82) is 0 Å². The summed E-state index contributed by atoms with van der Waals surface area (Å²) in [7, 11) is 1.40. The second kappa shape index (κ2) is 5.09. The van der Waals surface area contributed by atoms with Crippen molar-refractivity contribution in [2.45, 2.75) is 38.9 Å². The van der Waals surface area contributed by atoms with E-state index in [4.69, 9.17) is 14.2 Å². The fourth-order valence-electron chi connectivity index (χ4n) is 2.90. The third kappa shape index (κ3) is 1.99. The van der Waals surface area contributed by atoms with Gasteiger partial charge in [0.2, 0.25) is 5.60 Å². The second-order valence-electron chi connectivity index (χ2n) is 5.47. The molecule has 1 fully saturated rings. The van der Waals surface area contributed by atoms with Crippen molar-refractivity contribution in [2.24, 2.45) is 5.92 Å². The summed E-state index contributed by atoms with van der Waals surface area (Å²) in [6, 6.07) is 7.68. The van der Waals surface area contributed by atoms with Crippen molar-refractivity contribution in [2.75, 3.05) is 13.7 Å². The van der Waals surface area contributed by atoms with E-state index in [0.29, 0.717) is 6.61 Å². The van der Waals surface area contributed by atoms with Crippen LogP contribution >= 0.6 is 0 Å². The molecule has 4 nitrogen and oxygen atoms in total. The Morgan fingerprint density at radius 1 is 1.30 bits per heavy atom. The molecule has 1 aromatic rings. The lowest BCUT2D eigenvalue weighted by Gasteiger charge is -2.19. The largest absolute Gasteiger partial charge is 0.494 e. The number of epoxide rings is 1. The van der Waals surface area contributed by atoms with Crippen LogP contribution in [0.3, 0.4) is 0 Å². The predicted octanol–water partition coefficient (Wildman–Crippen LogP) is 2.90. The second-order valence-corrected chi connectivity index (χ2v) is 5.47. The third-order valence-corrected chi connectivity index (χ3v) is 4.05. The van der Waals surface area contributed by atoms with Gasteiger partial charge in [-0.1, -0.05) is 26.0 Å². The van der Waals surface area contributed by atoms with Crippen LogP contribution in [0.5, 0.6) is 5.75 Å². The normalized spacial score (nSPS) is 28.3. The Morgan fingerprint density at radius 3 is 2.35 bits per heavy atom. The zero-order valence-electron chi connectivity index (χ0n) is 12.7. The minimum atomic E-state index is -0.894. The molecule has 0 saturated carbocycles. The number of benzene rings is 1. The van der Waals surface area contributed by atoms with Crippen LogP contribution < -0.4 is 4.74 Å². The van der Waals surface area contributed by atoms with Crippen LogP contribution in [-0.2, 0) is 19.9 Å². The molecular weight excluding hydrogens is 256 g/mol. The van der Waals surface area contributed by atoms with Crippen LogP contribution in [0.4, 0.5) is 0 Å². The van der Waals surface area contributed by atoms with Crippen LogP contribution in [0.1, 0.15) is 33.3 Å². The van der Waals surface area contributed by atoms with Crippen LogP contribution in [0.15, 0.2) is 24.3 Å². The Balaban J connectivity index is 2.30. The Morgan fingerprint density at radius 2 is 1.90 bits per heavy atom. The van der Waals surface area contributed by atoms with Gasteiger partial charge in [0.05, 0.1) is 13.7 Å². The molecule has 2 atom stereocenters. The first-order valence-corrected chi connectivity index (χ1v) is 6.94. The minimum absolute atomic E-state index is 0.0338. The Hall–Kier alpha value is -1.55. The van der Waals surface area contributed by atoms with Crippen LogP contribution in [0, 0.1) is 5.92 Å². The molecule has 0 aliphatic carbocycles. The quantitative estimate of drug-likeness (QED) is 0.614. The molecule has 0 amide bonds. The molecule has 0 aromatic heterocycles. The maximum atomic E-state index is 12.1. The summed E-state index contributed by atoms with van der Waals surface area (Å²) >= 11 is 0. The molecule has 1 aliphatic rings. The zero-order valence-corrected chi connectivity index (χ0v) is 12.7. The van der Waals surface area contributed by atoms with Crippen LogP contribution in [-0.4, -0.2) is 25.3 Å². The van der Waals surface area contributed by atoms with Gasteiger partial charge in [-0.2, -0.15) is 0 Å². The van der Waals surface area contributed by atoms with Crippen molar-refractivity contribution in [3.63, 3.8) is 0 Å². The number of hydrogen-bond acceptors (Lipinski definition) is 4. The fraction of sp³-hybridized carbons (Fsp3) is 0.562. The van der Waals surface area contributed by atoms with Crippen molar-refractivity contribution in [1.82, 2.24) is 0 Å². The topological polar surface area (TPSA) is 48.1 Å². The molecule has 4 heteroatoms. The highest BCUT2D eigenvalue weighted by Gasteiger charge is 2.75. The number of methoxy groups -OCH3 is 1. The van der Waals surface area contributed by atoms with Gasteiger partial charge in [-0.25, -0.2) is 4.79 Å². The zero-order chi connectivity index (χ0) is 15.0. The minimum Gasteiger partial charge on any atom is -0.494 e. The Bertz CT molecular complexity index is 494. The highest BCUT2D eigenvalue weighted by molar-refractivity contribution is 5.85. The Labute approximate surface area is 120 Å². The molecule has 0 N–H and O–H groups in total. The van der Waals surface area contributed by atoms with Crippen molar-refractivity contribution >= 4 is 5.97 Å². The van der Waals surface area contributed by atoms with Crippen LogP contribution in [0.2, 0.25) is 0 Å². The summed E-state index contributed by atoms with van der Waals surface area (Å²) in [6.07, 6.45) is 0. The predicted molar refractivity (Wildman–Crippen MR) is 75.6 cm³/mol. The smallest absolute Gasteiger partial charge is 0.341 e. The fourth-order valence-corrected chi connectivity index (χ4v) is 2.90. The van der Waals surface area contributed by atoms with E-state index in [1.54, 1.807) is 0 Å². The van der Waals surface area contributed by atoms with E-state index in [1.165, 1.54) is 7.11 Å². The molecular formula is C16H22O4.